The number of esters is 1. The number of nitriles is 1. The van der Waals surface area contributed by atoms with E-state index in [9.17, 15) is 10.1 Å². The monoisotopic (exact) mass is 578 g/mol. The minimum atomic E-state index is -0.271. The summed E-state index contributed by atoms with van der Waals surface area (Å²) < 4.78 is 5.73. The third-order valence-electron chi connectivity index (χ3n) is 6.08. The Kier molecular flexibility index (Phi) is 13.8. The Morgan fingerprint density at radius 3 is 2.41 bits per heavy atom. The van der Waals surface area contributed by atoms with E-state index in [0.29, 0.717) is 22.4 Å². The minimum absolute atomic E-state index is 0.114. The Balaban J connectivity index is 1.74. The largest absolute Gasteiger partial charge is 0.464 e. The molecule has 7 heteroatoms. The normalized spacial score (nSPS) is 11.6. The van der Waals surface area contributed by atoms with Gasteiger partial charge in [-0.1, -0.05) is 98.6 Å². The Labute approximate surface area is 246 Å². The quantitative estimate of drug-likeness (QED) is 0.0957. The number of hydrogen-bond donors (Lipinski definition) is 0. The van der Waals surface area contributed by atoms with Gasteiger partial charge < -0.3 is 4.74 Å². The molecule has 1 unspecified atom stereocenters. The number of rotatable bonds is 16. The SMILES string of the molecule is CCCCSCC(COC(=O)CSc1nc(-c2ccc(C)cc2)cc(-c2ccccc2)c1C#N)SCCCC. The van der Waals surface area contributed by atoms with Gasteiger partial charge in [-0.25, -0.2) is 4.98 Å². The second-order valence-corrected chi connectivity index (χ2v) is 12.8. The van der Waals surface area contributed by atoms with Crippen molar-refractivity contribution in [1.82, 2.24) is 4.98 Å². The van der Waals surface area contributed by atoms with Crippen molar-refractivity contribution in [2.75, 3.05) is 29.6 Å². The molecule has 0 amide bonds. The predicted octanol–water partition coefficient (Wildman–Crippen LogP) is 8.67. The number of aromatic nitrogens is 1. The van der Waals surface area contributed by atoms with Crippen LogP contribution in [0.2, 0.25) is 0 Å². The first kappa shape index (κ1) is 31.1. The molecule has 1 aromatic heterocycles. The second kappa shape index (κ2) is 17.3. The van der Waals surface area contributed by atoms with Gasteiger partial charge in [-0.05, 0) is 42.9 Å². The van der Waals surface area contributed by atoms with E-state index in [0.717, 1.165) is 39.6 Å². The molecule has 0 saturated heterocycles. The highest BCUT2D eigenvalue weighted by molar-refractivity contribution is 8.03. The van der Waals surface area contributed by atoms with Crippen LogP contribution in [0.5, 0.6) is 0 Å². The molecule has 0 aliphatic heterocycles. The van der Waals surface area contributed by atoms with E-state index >= 15 is 0 Å². The van der Waals surface area contributed by atoms with Gasteiger partial charge in [-0.15, -0.1) is 0 Å². The molecule has 0 spiro atoms. The van der Waals surface area contributed by atoms with Gasteiger partial charge in [0.05, 0.1) is 17.0 Å². The maximum Gasteiger partial charge on any atom is 0.316 e. The molecule has 0 saturated carbocycles. The third kappa shape index (κ3) is 10.3. The molecular weight excluding hydrogens is 541 g/mol. The fourth-order valence-electron chi connectivity index (χ4n) is 3.81. The number of pyridine rings is 1. The standard InChI is InChI=1S/C32H38N2O2S3/c1-4-6-17-37-22-27(38-18-7-5-2)21-36-31(35)23-39-32-29(20-33)28(25-11-9-8-10-12-25)19-30(34-32)26-15-13-24(3)14-16-26/h8-16,19,27H,4-7,17-18,21-23H2,1-3H3. The van der Waals surface area contributed by atoms with Gasteiger partial charge in [0.15, 0.2) is 0 Å². The molecule has 1 heterocycles. The summed E-state index contributed by atoms with van der Waals surface area (Å²) in [5.41, 5.74) is 5.16. The minimum Gasteiger partial charge on any atom is -0.464 e. The van der Waals surface area contributed by atoms with Crippen LogP contribution in [0.3, 0.4) is 0 Å². The molecule has 3 aromatic rings. The fourth-order valence-corrected chi connectivity index (χ4v) is 7.25. The van der Waals surface area contributed by atoms with E-state index in [1.54, 1.807) is 0 Å². The third-order valence-corrected chi connectivity index (χ3v) is 9.76. The predicted molar refractivity (Wildman–Crippen MR) is 170 cm³/mol. The summed E-state index contributed by atoms with van der Waals surface area (Å²) in [6, 6.07) is 22.4. The van der Waals surface area contributed by atoms with Gasteiger partial charge in [0, 0.05) is 22.1 Å². The summed E-state index contributed by atoms with van der Waals surface area (Å²) in [6.45, 7) is 6.88. The van der Waals surface area contributed by atoms with Crippen molar-refractivity contribution in [3.8, 4) is 28.5 Å². The number of carbonyl (C=O) groups excluding carboxylic acids is 1. The molecule has 0 fully saturated rings. The molecule has 0 aliphatic rings. The molecule has 0 N–H and O–H groups in total. The van der Waals surface area contributed by atoms with Crippen molar-refractivity contribution in [1.29, 1.82) is 5.26 Å². The van der Waals surface area contributed by atoms with Crippen molar-refractivity contribution in [2.24, 2.45) is 0 Å². The van der Waals surface area contributed by atoms with E-state index < -0.39 is 0 Å². The molecule has 39 heavy (non-hydrogen) atoms. The Morgan fingerprint density at radius 2 is 1.72 bits per heavy atom. The topological polar surface area (TPSA) is 63.0 Å². The van der Waals surface area contributed by atoms with Crippen molar-refractivity contribution >= 4 is 41.3 Å². The Hall–Kier alpha value is -2.40. The first-order valence-corrected chi connectivity index (χ1v) is 16.8. The number of nitrogens with zero attached hydrogens (tertiary/aromatic N) is 2. The smallest absolute Gasteiger partial charge is 0.316 e. The number of benzene rings is 2. The fraction of sp³-hybridized carbons (Fsp3) is 0.406. The van der Waals surface area contributed by atoms with E-state index in [1.807, 2.05) is 72.1 Å². The van der Waals surface area contributed by atoms with Gasteiger partial charge >= 0.3 is 5.97 Å². The molecule has 3 rings (SSSR count). The van der Waals surface area contributed by atoms with Gasteiger partial charge in [-0.3, -0.25) is 4.79 Å². The van der Waals surface area contributed by atoms with Crippen LogP contribution >= 0.6 is 35.3 Å². The molecule has 0 radical (unpaired) electrons. The molecule has 2 aromatic carbocycles. The highest BCUT2D eigenvalue weighted by atomic mass is 32.2. The number of hydrogen-bond acceptors (Lipinski definition) is 7. The second-order valence-electron chi connectivity index (χ2n) is 9.33. The summed E-state index contributed by atoms with van der Waals surface area (Å²) in [5.74, 6) is 3.07. The average molecular weight is 579 g/mol. The Bertz CT molecular complexity index is 1210. The van der Waals surface area contributed by atoms with Crippen LogP contribution in [-0.2, 0) is 9.53 Å². The summed E-state index contributed by atoms with van der Waals surface area (Å²) in [6.07, 6.45) is 4.76. The first-order chi connectivity index (χ1) is 19.0. The lowest BCUT2D eigenvalue weighted by Gasteiger charge is -2.17. The number of carbonyl (C=O) groups is 1. The molecular formula is C32H38N2O2S3. The van der Waals surface area contributed by atoms with Crippen LogP contribution in [0.25, 0.3) is 22.4 Å². The molecule has 4 nitrogen and oxygen atoms in total. The van der Waals surface area contributed by atoms with E-state index in [2.05, 4.69) is 39.0 Å². The maximum atomic E-state index is 12.8. The summed E-state index contributed by atoms with van der Waals surface area (Å²) in [4.78, 5) is 17.6. The number of ether oxygens (including phenoxy) is 1. The van der Waals surface area contributed by atoms with Gasteiger partial charge in [-0.2, -0.15) is 28.8 Å². The highest BCUT2D eigenvalue weighted by Gasteiger charge is 2.18. The molecule has 0 bridgehead atoms. The highest BCUT2D eigenvalue weighted by Crippen LogP contribution is 2.34. The number of unbranched alkanes of at least 4 members (excludes halogenated alkanes) is 2. The number of thioether (sulfide) groups is 3. The summed E-state index contributed by atoms with van der Waals surface area (Å²) >= 11 is 5.13. The molecule has 0 aliphatic carbocycles. The van der Waals surface area contributed by atoms with Gasteiger partial charge in [0.1, 0.15) is 17.7 Å². The van der Waals surface area contributed by atoms with Crippen molar-refractivity contribution in [3.05, 3.63) is 71.8 Å². The zero-order valence-corrected chi connectivity index (χ0v) is 25.6. The summed E-state index contributed by atoms with van der Waals surface area (Å²) in [5, 5.41) is 11.0. The lowest BCUT2D eigenvalue weighted by molar-refractivity contribution is -0.140. The zero-order chi connectivity index (χ0) is 27.9. The van der Waals surface area contributed by atoms with Gasteiger partial charge in [0.2, 0.25) is 0 Å². The van der Waals surface area contributed by atoms with E-state index in [-0.39, 0.29) is 11.7 Å². The lowest BCUT2D eigenvalue weighted by atomic mass is 9.99. The Morgan fingerprint density at radius 1 is 1.00 bits per heavy atom. The molecule has 206 valence electrons. The first-order valence-electron chi connectivity index (χ1n) is 13.6. The van der Waals surface area contributed by atoms with Crippen LogP contribution in [0.4, 0.5) is 0 Å². The number of aryl methyl sites for hydroxylation is 1. The van der Waals surface area contributed by atoms with Gasteiger partial charge in [0.25, 0.3) is 0 Å². The summed E-state index contributed by atoms with van der Waals surface area (Å²) in [7, 11) is 0. The van der Waals surface area contributed by atoms with E-state index in [4.69, 9.17) is 9.72 Å². The van der Waals surface area contributed by atoms with Crippen molar-refractivity contribution < 1.29 is 9.53 Å². The van der Waals surface area contributed by atoms with Crippen molar-refractivity contribution in [3.63, 3.8) is 0 Å². The maximum absolute atomic E-state index is 12.8. The molecule has 1 atom stereocenters. The average Bonchev–Trinajstić information content (AvgIpc) is 2.97. The zero-order valence-electron chi connectivity index (χ0n) is 23.2. The van der Waals surface area contributed by atoms with Crippen LogP contribution in [0, 0.1) is 18.3 Å². The van der Waals surface area contributed by atoms with Crippen molar-refractivity contribution in [2.45, 2.75) is 56.7 Å². The lowest BCUT2D eigenvalue weighted by Crippen LogP contribution is -2.20. The van der Waals surface area contributed by atoms with Crippen LogP contribution in [0.15, 0.2) is 65.7 Å². The van der Waals surface area contributed by atoms with Crippen LogP contribution in [0.1, 0.15) is 50.7 Å². The van der Waals surface area contributed by atoms with Crippen LogP contribution < -0.4 is 0 Å². The van der Waals surface area contributed by atoms with Crippen LogP contribution in [-0.4, -0.2) is 45.8 Å². The van der Waals surface area contributed by atoms with E-state index in [1.165, 1.54) is 43.0 Å².